The number of ether oxygens (including phenoxy) is 2. The summed E-state index contributed by atoms with van der Waals surface area (Å²) in [6, 6.07) is 24.6. The van der Waals surface area contributed by atoms with Crippen LogP contribution in [0.25, 0.3) is 11.6 Å². The lowest BCUT2D eigenvalue weighted by molar-refractivity contribution is -0.111. The lowest BCUT2D eigenvalue weighted by Gasteiger charge is -2.13. The predicted octanol–water partition coefficient (Wildman–Crippen LogP) is 4.88. The van der Waals surface area contributed by atoms with Gasteiger partial charge in [-0.1, -0.05) is 60.7 Å². The Hall–Kier alpha value is -3.53. The van der Waals surface area contributed by atoms with Gasteiger partial charge in [0.1, 0.15) is 11.5 Å². The summed E-state index contributed by atoms with van der Waals surface area (Å²) in [7, 11) is 3.14. The van der Waals surface area contributed by atoms with Crippen molar-refractivity contribution < 1.29 is 14.3 Å². The molecule has 0 bridgehead atoms. The van der Waals surface area contributed by atoms with E-state index in [1.54, 1.807) is 32.4 Å². The van der Waals surface area contributed by atoms with Gasteiger partial charge in [0.25, 0.3) is 5.91 Å². The Morgan fingerprint density at radius 2 is 1.52 bits per heavy atom. The fourth-order valence-electron chi connectivity index (χ4n) is 2.71. The smallest absolute Gasteiger partial charge is 0.256 e. The minimum Gasteiger partial charge on any atom is -0.497 e. The number of benzene rings is 3. The monoisotopic (exact) mass is 359 g/mol. The van der Waals surface area contributed by atoms with Crippen LogP contribution in [-0.4, -0.2) is 20.1 Å². The number of carbonyl (C=O) groups is 1. The minimum absolute atomic E-state index is 0.214. The molecule has 3 aromatic carbocycles. The van der Waals surface area contributed by atoms with Crippen LogP contribution in [0.5, 0.6) is 11.5 Å². The summed E-state index contributed by atoms with van der Waals surface area (Å²) >= 11 is 0. The summed E-state index contributed by atoms with van der Waals surface area (Å²) < 4.78 is 10.6. The first-order chi connectivity index (χ1) is 13.2. The summed E-state index contributed by atoms with van der Waals surface area (Å²) in [5, 5.41) is 2.94. The van der Waals surface area contributed by atoms with Crippen LogP contribution in [0.1, 0.15) is 11.1 Å². The molecule has 27 heavy (non-hydrogen) atoms. The van der Waals surface area contributed by atoms with Crippen LogP contribution < -0.4 is 14.8 Å². The van der Waals surface area contributed by atoms with Crippen molar-refractivity contribution in [3.8, 4) is 11.5 Å². The molecule has 3 aromatic rings. The Labute approximate surface area is 159 Å². The van der Waals surface area contributed by atoms with Crippen LogP contribution in [0.4, 0.5) is 5.69 Å². The topological polar surface area (TPSA) is 47.6 Å². The third-order valence-corrected chi connectivity index (χ3v) is 4.10. The van der Waals surface area contributed by atoms with Crippen LogP contribution >= 0.6 is 0 Å². The van der Waals surface area contributed by atoms with Crippen molar-refractivity contribution in [2.75, 3.05) is 19.5 Å². The standard InChI is InChI=1S/C23H21NO3/c1-26-19-13-14-21(22(16-19)27-2)24-23(25)20(18-11-7-4-8-12-18)15-17-9-5-3-6-10-17/h3-16H,1-2H3,(H,24,25). The fraction of sp³-hybridized carbons (Fsp3) is 0.0870. The van der Waals surface area contributed by atoms with E-state index >= 15 is 0 Å². The zero-order valence-corrected chi connectivity index (χ0v) is 15.3. The van der Waals surface area contributed by atoms with Gasteiger partial charge in [0, 0.05) is 11.6 Å². The van der Waals surface area contributed by atoms with Gasteiger partial charge < -0.3 is 14.8 Å². The number of amides is 1. The normalized spacial score (nSPS) is 11.0. The highest BCUT2D eigenvalue weighted by atomic mass is 16.5. The second-order valence-corrected chi connectivity index (χ2v) is 5.86. The molecular formula is C23H21NO3. The lowest BCUT2D eigenvalue weighted by Crippen LogP contribution is -2.14. The third-order valence-electron chi connectivity index (χ3n) is 4.10. The van der Waals surface area contributed by atoms with Gasteiger partial charge in [0.2, 0.25) is 0 Å². The molecule has 136 valence electrons. The zero-order valence-electron chi connectivity index (χ0n) is 15.3. The molecule has 4 heteroatoms. The maximum atomic E-state index is 13.1. The maximum Gasteiger partial charge on any atom is 0.256 e. The van der Waals surface area contributed by atoms with Gasteiger partial charge in [-0.25, -0.2) is 0 Å². The number of hydrogen-bond acceptors (Lipinski definition) is 3. The Morgan fingerprint density at radius 1 is 0.852 bits per heavy atom. The van der Waals surface area contributed by atoms with Gasteiger partial charge in [-0.15, -0.1) is 0 Å². The minimum atomic E-state index is -0.214. The molecule has 0 unspecified atom stereocenters. The molecule has 0 heterocycles. The second-order valence-electron chi connectivity index (χ2n) is 5.86. The molecule has 0 aromatic heterocycles. The van der Waals surface area contributed by atoms with Crippen molar-refractivity contribution in [1.29, 1.82) is 0 Å². The number of methoxy groups -OCH3 is 2. The molecule has 0 saturated heterocycles. The molecule has 0 aliphatic heterocycles. The van der Waals surface area contributed by atoms with E-state index in [9.17, 15) is 4.79 Å². The number of rotatable bonds is 6. The number of nitrogens with one attached hydrogen (secondary N) is 1. The average Bonchev–Trinajstić information content (AvgIpc) is 2.73. The zero-order chi connectivity index (χ0) is 19.1. The molecule has 0 atom stereocenters. The van der Waals surface area contributed by atoms with Gasteiger partial charge in [0.05, 0.1) is 19.9 Å². The Balaban J connectivity index is 1.96. The third kappa shape index (κ3) is 4.55. The molecule has 4 nitrogen and oxygen atoms in total. The number of carbonyl (C=O) groups excluding carboxylic acids is 1. The summed E-state index contributed by atoms with van der Waals surface area (Å²) in [5.74, 6) is 0.983. The van der Waals surface area contributed by atoms with Crippen molar-refractivity contribution in [3.05, 3.63) is 90.0 Å². The lowest BCUT2D eigenvalue weighted by atomic mass is 10.0. The SMILES string of the molecule is COc1ccc(NC(=O)C(=Cc2ccccc2)c2ccccc2)c(OC)c1. The highest BCUT2D eigenvalue weighted by Crippen LogP contribution is 2.30. The van der Waals surface area contributed by atoms with Crippen LogP contribution in [-0.2, 0) is 4.79 Å². The molecule has 0 saturated carbocycles. The quantitative estimate of drug-likeness (QED) is 0.504. The van der Waals surface area contributed by atoms with Crippen LogP contribution in [0.3, 0.4) is 0 Å². The van der Waals surface area contributed by atoms with E-state index in [4.69, 9.17) is 9.47 Å². The van der Waals surface area contributed by atoms with Crippen LogP contribution in [0.15, 0.2) is 78.9 Å². The number of anilines is 1. The second kappa shape index (κ2) is 8.72. The molecule has 0 radical (unpaired) electrons. The van der Waals surface area contributed by atoms with E-state index in [0.717, 1.165) is 11.1 Å². The first-order valence-electron chi connectivity index (χ1n) is 8.57. The van der Waals surface area contributed by atoms with Gasteiger partial charge in [0.15, 0.2) is 0 Å². The maximum absolute atomic E-state index is 13.1. The summed E-state index contributed by atoms with van der Waals surface area (Å²) in [5.41, 5.74) is 2.94. The summed E-state index contributed by atoms with van der Waals surface area (Å²) in [6.07, 6.45) is 1.88. The van der Waals surface area contributed by atoms with Gasteiger partial charge >= 0.3 is 0 Å². The molecule has 1 N–H and O–H groups in total. The molecule has 0 aliphatic rings. The molecule has 0 spiro atoms. The molecule has 0 aliphatic carbocycles. The van der Waals surface area contributed by atoms with Crippen molar-refractivity contribution in [1.82, 2.24) is 0 Å². The van der Waals surface area contributed by atoms with Gasteiger partial charge in [-0.3, -0.25) is 4.79 Å². The van der Waals surface area contributed by atoms with E-state index in [-0.39, 0.29) is 5.91 Å². The molecular weight excluding hydrogens is 338 g/mol. The van der Waals surface area contributed by atoms with Crippen molar-refractivity contribution in [3.63, 3.8) is 0 Å². The van der Waals surface area contributed by atoms with Crippen molar-refractivity contribution >= 4 is 23.2 Å². The van der Waals surface area contributed by atoms with Crippen molar-refractivity contribution in [2.45, 2.75) is 0 Å². The summed E-state index contributed by atoms with van der Waals surface area (Å²) in [4.78, 5) is 13.1. The van der Waals surface area contributed by atoms with Gasteiger partial charge in [-0.2, -0.15) is 0 Å². The predicted molar refractivity (Wildman–Crippen MR) is 109 cm³/mol. The number of hydrogen-bond donors (Lipinski definition) is 1. The summed E-state index contributed by atoms with van der Waals surface area (Å²) in [6.45, 7) is 0. The highest BCUT2D eigenvalue weighted by molar-refractivity contribution is 6.29. The molecule has 1 amide bonds. The average molecular weight is 359 g/mol. The van der Waals surface area contributed by atoms with E-state index < -0.39 is 0 Å². The Bertz CT molecular complexity index is 934. The van der Waals surface area contributed by atoms with Crippen LogP contribution in [0.2, 0.25) is 0 Å². The first-order valence-corrected chi connectivity index (χ1v) is 8.57. The first kappa shape index (κ1) is 18.3. The fourth-order valence-corrected chi connectivity index (χ4v) is 2.71. The van der Waals surface area contributed by atoms with Crippen molar-refractivity contribution in [2.24, 2.45) is 0 Å². The highest BCUT2D eigenvalue weighted by Gasteiger charge is 2.15. The van der Waals surface area contributed by atoms with E-state index in [0.29, 0.717) is 22.8 Å². The van der Waals surface area contributed by atoms with Gasteiger partial charge in [-0.05, 0) is 29.3 Å². The van der Waals surface area contributed by atoms with E-state index in [1.165, 1.54) is 0 Å². The van der Waals surface area contributed by atoms with Crippen LogP contribution in [0, 0.1) is 0 Å². The van der Waals surface area contributed by atoms with E-state index in [2.05, 4.69) is 5.32 Å². The molecule has 3 rings (SSSR count). The van der Waals surface area contributed by atoms with E-state index in [1.807, 2.05) is 66.7 Å². The molecule has 0 fully saturated rings. The largest absolute Gasteiger partial charge is 0.497 e. The Morgan fingerprint density at radius 3 is 2.15 bits per heavy atom. The Kier molecular flexibility index (Phi) is 5.90.